The molecule has 1 saturated carbocycles. The Labute approximate surface area is 153 Å². The fourth-order valence-corrected chi connectivity index (χ4v) is 3.23. The maximum Gasteiger partial charge on any atom is 0.226 e. The van der Waals surface area contributed by atoms with Crippen molar-refractivity contribution in [3.63, 3.8) is 0 Å². The van der Waals surface area contributed by atoms with Gasteiger partial charge in [0, 0.05) is 29.0 Å². The van der Waals surface area contributed by atoms with Gasteiger partial charge in [0.2, 0.25) is 5.95 Å². The quantitative estimate of drug-likeness (QED) is 0.845. The molecule has 1 aromatic heterocycles. The van der Waals surface area contributed by atoms with Crippen molar-refractivity contribution >= 4 is 5.95 Å². The van der Waals surface area contributed by atoms with E-state index in [2.05, 4.69) is 76.0 Å². The first kappa shape index (κ1) is 20.1. The molecule has 0 saturated heterocycles. The number of hydrogen-bond donors (Lipinski definition) is 2. The summed E-state index contributed by atoms with van der Waals surface area (Å²) in [6, 6.07) is 1.07. The van der Waals surface area contributed by atoms with E-state index in [0.29, 0.717) is 18.0 Å². The van der Waals surface area contributed by atoms with Gasteiger partial charge in [-0.3, -0.25) is 0 Å². The van der Waals surface area contributed by atoms with Crippen molar-refractivity contribution in [2.45, 2.75) is 110 Å². The average molecular weight is 348 g/mol. The van der Waals surface area contributed by atoms with Crippen LogP contribution >= 0.6 is 0 Å². The van der Waals surface area contributed by atoms with E-state index in [1.165, 1.54) is 12.8 Å². The molecule has 0 bridgehead atoms. The average Bonchev–Trinajstić information content (AvgIpc) is 2.46. The second-order valence-corrected chi connectivity index (χ2v) is 9.83. The Morgan fingerprint density at radius 1 is 0.840 bits per heavy atom. The van der Waals surface area contributed by atoms with E-state index in [4.69, 9.17) is 4.98 Å². The lowest BCUT2D eigenvalue weighted by atomic mass is 9.89. The first-order chi connectivity index (χ1) is 11.4. The summed E-state index contributed by atoms with van der Waals surface area (Å²) in [5.41, 5.74) is 0.115. The summed E-state index contributed by atoms with van der Waals surface area (Å²) in [6.07, 6.45) is 4.70. The first-order valence-corrected chi connectivity index (χ1v) is 9.75. The van der Waals surface area contributed by atoms with Gasteiger partial charge in [-0.1, -0.05) is 34.6 Å². The smallest absolute Gasteiger partial charge is 0.226 e. The van der Waals surface area contributed by atoms with Gasteiger partial charge in [0.25, 0.3) is 0 Å². The molecule has 1 aliphatic carbocycles. The Morgan fingerprint density at radius 2 is 1.40 bits per heavy atom. The molecule has 1 aliphatic rings. The fraction of sp³-hybridized carbons (Fsp3) is 0.850. The number of hydrogen-bond acceptors (Lipinski definition) is 5. The predicted octanol–water partition coefficient (Wildman–Crippen LogP) is 4.40. The van der Waals surface area contributed by atoms with Crippen LogP contribution in [-0.4, -0.2) is 32.6 Å². The van der Waals surface area contributed by atoms with Crippen LogP contribution in [0.15, 0.2) is 0 Å². The summed E-state index contributed by atoms with van der Waals surface area (Å²) < 4.78 is 0. The molecule has 0 spiro atoms. The largest absolute Gasteiger partial charge is 0.351 e. The highest BCUT2D eigenvalue weighted by atomic mass is 15.2. The second-order valence-electron chi connectivity index (χ2n) is 9.83. The normalized spacial score (nSPS) is 22.3. The summed E-state index contributed by atoms with van der Waals surface area (Å²) in [5, 5.41) is 7.31. The molecule has 0 atom stereocenters. The third-order valence-corrected chi connectivity index (χ3v) is 4.54. The van der Waals surface area contributed by atoms with Crippen molar-refractivity contribution in [3.05, 3.63) is 11.6 Å². The molecule has 1 heterocycles. The van der Waals surface area contributed by atoms with Gasteiger partial charge in [-0.15, -0.1) is 0 Å². The highest BCUT2D eigenvalue weighted by Gasteiger charge is 2.26. The third kappa shape index (κ3) is 6.21. The van der Waals surface area contributed by atoms with Crippen molar-refractivity contribution in [1.82, 2.24) is 20.3 Å². The molecule has 2 rings (SSSR count). The van der Waals surface area contributed by atoms with E-state index in [1.807, 2.05) is 0 Å². The van der Waals surface area contributed by atoms with Crippen LogP contribution in [0.2, 0.25) is 0 Å². The molecule has 2 N–H and O–H groups in total. The molecule has 0 aliphatic heterocycles. The lowest BCUT2D eigenvalue weighted by molar-refractivity contribution is 0.286. The molecule has 0 radical (unpaired) electrons. The van der Waals surface area contributed by atoms with Gasteiger partial charge >= 0.3 is 0 Å². The monoisotopic (exact) mass is 347 g/mol. The van der Waals surface area contributed by atoms with Crippen LogP contribution in [0.3, 0.4) is 0 Å². The second kappa shape index (κ2) is 7.56. The van der Waals surface area contributed by atoms with E-state index in [0.717, 1.165) is 30.4 Å². The lowest BCUT2D eigenvalue weighted by Gasteiger charge is -2.34. The Bertz CT molecular complexity index is 560. The minimum Gasteiger partial charge on any atom is -0.351 e. The van der Waals surface area contributed by atoms with E-state index >= 15 is 0 Å². The highest BCUT2D eigenvalue weighted by molar-refractivity contribution is 5.28. The molecule has 0 aromatic carbocycles. The van der Waals surface area contributed by atoms with E-state index < -0.39 is 0 Å². The number of aromatic nitrogens is 3. The molecule has 1 fully saturated rings. The van der Waals surface area contributed by atoms with Crippen LogP contribution in [-0.2, 0) is 5.41 Å². The van der Waals surface area contributed by atoms with Gasteiger partial charge in [0.05, 0.1) is 0 Å². The molecule has 5 nitrogen and oxygen atoms in total. The Balaban J connectivity index is 2.04. The summed E-state index contributed by atoms with van der Waals surface area (Å²) in [7, 11) is 0. The molecule has 1 aromatic rings. The van der Waals surface area contributed by atoms with Crippen molar-refractivity contribution < 1.29 is 0 Å². The fourth-order valence-electron chi connectivity index (χ4n) is 3.23. The van der Waals surface area contributed by atoms with Crippen LogP contribution in [0.5, 0.6) is 0 Å². The molecule has 5 heteroatoms. The summed E-state index contributed by atoms with van der Waals surface area (Å²) in [5.74, 6) is 2.80. The Kier molecular flexibility index (Phi) is 6.08. The molecule has 0 unspecified atom stereocenters. The minimum absolute atomic E-state index is 0.0721. The Morgan fingerprint density at radius 3 is 1.88 bits per heavy atom. The van der Waals surface area contributed by atoms with Crippen LogP contribution in [0.1, 0.15) is 98.6 Å². The highest BCUT2D eigenvalue weighted by Crippen LogP contribution is 2.25. The third-order valence-electron chi connectivity index (χ3n) is 4.54. The number of anilines is 1. The van der Waals surface area contributed by atoms with Crippen LogP contribution in [0, 0.1) is 0 Å². The Hall–Kier alpha value is -1.23. The van der Waals surface area contributed by atoms with Gasteiger partial charge in [0.1, 0.15) is 11.6 Å². The minimum atomic E-state index is -0.0721. The number of nitrogens with zero attached hydrogens (tertiary/aromatic N) is 3. The zero-order valence-corrected chi connectivity index (χ0v) is 17.4. The van der Waals surface area contributed by atoms with Gasteiger partial charge in [-0.2, -0.15) is 9.97 Å². The zero-order chi connectivity index (χ0) is 18.8. The zero-order valence-electron chi connectivity index (χ0n) is 17.4. The van der Waals surface area contributed by atoms with Gasteiger partial charge < -0.3 is 10.6 Å². The number of nitrogens with one attached hydrogen (secondary N) is 2. The van der Waals surface area contributed by atoms with Gasteiger partial charge in [0.15, 0.2) is 0 Å². The summed E-state index contributed by atoms with van der Waals surface area (Å²) in [6.45, 7) is 17.4. The SMILES string of the molecule is CC(C)c1nc(NC2CCC(NC(C)(C)C)CC2)nc(C(C)(C)C)n1. The van der Waals surface area contributed by atoms with Crippen LogP contribution in [0.4, 0.5) is 5.95 Å². The number of rotatable bonds is 4. The molecular formula is C20H37N5. The van der Waals surface area contributed by atoms with Crippen molar-refractivity contribution in [3.8, 4) is 0 Å². The summed E-state index contributed by atoms with van der Waals surface area (Å²) in [4.78, 5) is 14.1. The topological polar surface area (TPSA) is 62.7 Å². The maximum atomic E-state index is 4.71. The van der Waals surface area contributed by atoms with E-state index in [9.17, 15) is 0 Å². The van der Waals surface area contributed by atoms with E-state index in [1.54, 1.807) is 0 Å². The van der Waals surface area contributed by atoms with Crippen molar-refractivity contribution in [2.24, 2.45) is 0 Å². The van der Waals surface area contributed by atoms with Crippen molar-refractivity contribution in [2.75, 3.05) is 5.32 Å². The van der Waals surface area contributed by atoms with Crippen LogP contribution in [0.25, 0.3) is 0 Å². The molecule has 0 amide bonds. The van der Waals surface area contributed by atoms with Gasteiger partial charge in [-0.05, 0) is 46.5 Å². The van der Waals surface area contributed by atoms with E-state index in [-0.39, 0.29) is 11.0 Å². The summed E-state index contributed by atoms with van der Waals surface area (Å²) >= 11 is 0. The molecule has 25 heavy (non-hydrogen) atoms. The maximum absolute atomic E-state index is 4.71. The predicted molar refractivity (Wildman–Crippen MR) is 105 cm³/mol. The molecular weight excluding hydrogens is 310 g/mol. The lowest BCUT2D eigenvalue weighted by Crippen LogP contribution is -2.46. The van der Waals surface area contributed by atoms with Gasteiger partial charge in [-0.25, -0.2) is 4.98 Å². The first-order valence-electron chi connectivity index (χ1n) is 9.75. The molecule has 142 valence electrons. The standard InChI is InChI=1S/C20H37N5/c1-13(2)16-22-17(19(3,4)5)24-18(23-16)21-14-9-11-15(12-10-14)25-20(6,7)8/h13-15,25H,9-12H2,1-8H3,(H,21,22,23,24). The van der Waals surface area contributed by atoms with Crippen molar-refractivity contribution in [1.29, 1.82) is 0 Å². The van der Waals surface area contributed by atoms with Crippen LogP contribution < -0.4 is 10.6 Å².